The van der Waals surface area contributed by atoms with Gasteiger partial charge in [0.15, 0.2) is 5.82 Å². The van der Waals surface area contributed by atoms with Crippen molar-refractivity contribution < 1.29 is 14.4 Å². The Morgan fingerprint density at radius 2 is 1.76 bits per heavy atom. The molecule has 3 N–H and O–H groups in total. The molecule has 1 fully saturated rings. The van der Waals surface area contributed by atoms with Gasteiger partial charge in [0.25, 0.3) is 5.91 Å². The van der Waals surface area contributed by atoms with Crippen LogP contribution >= 0.6 is 0 Å². The third-order valence-electron chi connectivity index (χ3n) is 5.93. The van der Waals surface area contributed by atoms with Gasteiger partial charge in [-0.3, -0.25) is 19.6 Å². The molecule has 9 heteroatoms. The number of imide groups is 1. The average molecular weight is 454 g/mol. The van der Waals surface area contributed by atoms with E-state index in [4.69, 9.17) is 0 Å². The number of anilines is 1. The summed E-state index contributed by atoms with van der Waals surface area (Å²) in [5, 5.41) is 14.4. The molecule has 1 aromatic heterocycles. The van der Waals surface area contributed by atoms with Crippen LogP contribution in [0.2, 0.25) is 0 Å². The summed E-state index contributed by atoms with van der Waals surface area (Å²) in [5.74, 6) is 0.310. The van der Waals surface area contributed by atoms with Crippen LogP contribution in [0.3, 0.4) is 0 Å². The Labute approximate surface area is 195 Å². The number of carbonyl (C=O) groups is 3. The topological polar surface area (TPSA) is 120 Å². The SMILES string of the molecule is Cc1nc(-c2ccc(NC(=O)CN3C(=O)NC(C)(c4ccc5ccccc5c4)C3=O)cc2)n[nH]1. The van der Waals surface area contributed by atoms with E-state index in [-0.39, 0.29) is 0 Å². The number of amides is 4. The minimum Gasteiger partial charge on any atom is -0.325 e. The molecule has 5 rings (SSSR count). The largest absolute Gasteiger partial charge is 0.325 e. The molecule has 3 aromatic carbocycles. The highest BCUT2D eigenvalue weighted by Gasteiger charge is 2.49. The first kappa shape index (κ1) is 21.3. The van der Waals surface area contributed by atoms with Crippen LogP contribution in [0.25, 0.3) is 22.2 Å². The highest BCUT2D eigenvalue weighted by atomic mass is 16.2. The fourth-order valence-corrected chi connectivity index (χ4v) is 4.06. The smallest absolute Gasteiger partial charge is 0.325 e. The number of benzene rings is 3. The van der Waals surface area contributed by atoms with Gasteiger partial charge in [0.05, 0.1) is 0 Å². The molecule has 0 bridgehead atoms. The van der Waals surface area contributed by atoms with Gasteiger partial charge in [-0.1, -0.05) is 36.4 Å². The molecular weight excluding hydrogens is 432 g/mol. The number of fused-ring (bicyclic) bond motifs is 1. The number of hydrogen-bond acceptors (Lipinski definition) is 5. The van der Waals surface area contributed by atoms with Gasteiger partial charge in [-0.25, -0.2) is 9.78 Å². The number of aromatic amines is 1. The lowest BCUT2D eigenvalue weighted by Crippen LogP contribution is -2.42. The van der Waals surface area contributed by atoms with Crippen molar-refractivity contribution in [1.29, 1.82) is 0 Å². The fourth-order valence-electron chi connectivity index (χ4n) is 4.06. The van der Waals surface area contributed by atoms with E-state index in [1.807, 2.05) is 49.4 Å². The van der Waals surface area contributed by atoms with Gasteiger partial charge >= 0.3 is 6.03 Å². The zero-order valence-electron chi connectivity index (χ0n) is 18.6. The molecule has 0 aliphatic carbocycles. The summed E-state index contributed by atoms with van der Waals surface area (Å²) in [5.41, 5.74) is 0.732. The third-order valence-corrected chi connectivity index (χ3v) is 5.93. The van der Waals surface area contributed by atoms with E-state index >= 15 is 0 Å². The molecule has 9 nitrogen and oxygen atoms in total. The maximum absolute atomic E-state index is 13.2. The van der Waals surface area contributed by atoms with Crippen LogP contribution in [0.5, 0.6) is 0 Å². The van der Waals surface area contributed by atoms with E-state index in [0.717, 1.165) is 21.2 Å². The third kappa shape index (κ3) is 3.77. The normalized spacial score (nSPS) is 17.8. The highest BCUT2D eigenvalue weighted by Crippen LogP contribution is 2.31. The van der Waals surface area contributed by atoms with E-state index in [2.05, 4.69) is 25.8 Å². The van der Waals surface area contributed by atoms with Crippen LogP contribution in [0.4, 0.5) is 10.5 Å². The highest BCUT2D eigenvalue weighted by molar-refractivity contribution is 6.10. The van der Waals surface area contributed by atoms with Gasteiger partial charge in [0, 0.05) is 11.3 Å². The Hall–Kier alpha value is -4.53. The number of aryl methyl sites for hydroxylation is 1. The Morgan fingerprint density at radius 1 is 1.03 bits per heavy atom. The van der Waals surface area contributed by atoms with E-state index in [1.165, 1.54) is 0 Å². The number of aromatic nitrogens is 3. The maximum Gasteiger partial charge on any atom is 0.325 e. The van der Waals surface area contributed by atoms with E-state index in [0.29, 0.717) is 22.9 Å². The summed E-state index contributed by atoms with van der Waals surface area (Å²) >= 11 is 0. The second kappa shape index (κ2) is 8.11. The van der Waals surface area contributed by atoms with Crippen LogP contribution in [-0.2, 0) is 15.1 Å². The van der Waals surface area contributed by atoms with Gasteiger partial charge in [-0.15, -0.1) is 0 Å². The summed E-state index contributed by atoms with van der Waals surface area (Å²) in [6, 6.07) is 19.8. The van der Waals surface area contributed by atoms with Crippen LogP contribution in [0, 0.1) is 6.92 Å². The van der Waals surface area contributed by atoms with Gasteiger partial charge in [-0.2, -0.15) is 5.10 Å². The lowest BCUT2D eigenvalue weighted by atomic mass is 9.90. The number of nitrogens with zero attached hydrogens (tertiary/aromatic N) is 3. The second-order valence-corrected chi connectivity index (χ2v) is 8.38. The zero-order valence-corrected chi connectivity index (χ0v) is 18.6. The Kier molecular flexibility index (Phi) is 5.09. The molecule has 0 saturated carbocycles. The van der Waals surface area contributed by atoms with Crippen LogP contribution < -0.4 is 10.6 Å². The Balaban J connectivity index is 1.29. The maximum atomic E-state index is 13.2. The minimum atomic E-state index is -1.25. The van der Waals surface area contributed by atoms with Crippen molar-refractivity contribution in [2.45, 2.75) is 19.4 Å². The van der Waals surface area contributed by atoms with Crippen molar-refractivity contribution >= 4 is 34.3 Å². The molecular formula is C25H22N6O3. The van der Waals surface area contributed by atoms with E-state index < -0.39 is 29.9 Å². The Morgan fingerprint density at radius 3 is 2.47 bits per heavy atom. The monoisotopic (exact) mass is 454 g/mol. The molecule has 1 atom stereocenters. The summed E-state index contributed by atoms with van der Waals surface area (Å²) in [7, 11) is 0. The first-order chi connectivity index (χ1) is 16.3. The molecule has 34 heavy (non-hydrogen) atoms. The summed E-state index contributed by atoms with van der Waals surface area (Å²) in [6.45, 7) is 3.07. The van der Waals surface area contributed by atoms with Crippen molar-refractivity contribution in [2.24, 2.45) is 0 Å². The predicted molar refractivity (Wildman–Crippen MR) is 127 cm³/mol. The van der Waals surface area contributed by atoms with Gasteiger partial charge < -0.3 is 10.6 Å². The number of rotatable bonds is 5. The summed E-state index contributed by atoms with van der Waals surface area (Å²) < 4.78 is 0. The van der Waals surface area contributed by atoms with Crippen molar-refractivity contribution in [3.05, 3.63) is 78.1 Å². The fraction of sp³-hybridized carbons (Fsp3) is 0.160. The summed E-state index contributed by atoms with van der Waals surface area (Å²) in [6.07, 6.45) is 0. The molecule has 4 aromatic rings. The summed E-state index contributed by atoms with van der Waals surface area (Å²) in [4.78, 5) is 43.7. The number of H-pyrrole nitrogens is 1. The molecule has 2 heterocycles. The van der Waals surface area contributed by atoms with Crippen molar-refractivity contribution in [2.75, 3.05) is 11.9 Å². The van der Waals surface area contributed by atoms with Crippen LogP contribution in [-0.4, -0.2) is 44.5 Å². The molecule has 1 unspecified atom stereocenters. The minimum absolute atomic E-state index is 0.393. The molecule has 0 radical (unpaired) electrons. The number of carbonyl (C=O) groups excluding carboxylic acids is 3. The standard InChI is InChI=1S/C25H22N6O3/c1-15-26-22(30-29-15)17-8-11-20(12-9-17)27-21(32)14-31-23(33)25(2,28-24(31)34)19-10-7-16-5-3-4-6-18(16)13-19/h3-13H,14H2,1-2H3,(H,27,32)(H,28,34)(H,26,29,30). The van der Waals surface area contributed by atoms with Crippen molar-refractivity contribution in [3.8, 4) is 11.4 Å². The van der Waals surface area contributed by atoms with Gasteiger partial charge in [0.2, 0.25) is 5.91 Å². The number of hydrogen-bond donors (Lipinski definition) is 3. The predicted octanol–water partition coefficient (Wildman–Crippen LogP) is 3.34. The molecule has 4 amide bonds. The molecule has 170 valence electrons. The number of urea groups is 1. The van der Waals surface area contributed by atoms with E-state index in [1.54, 1.807) is 31.2 Å². The van der Waals surface area contributed by atoms with Gasteiger partial charge in [0.1, 0.15) is 17.9 Å². The molecule has 1 saturated heterocycles. The van der Waals surface area contributed by atoms with Crippen molar-refractivity contribution in [3.63, 3.8) is 0 Å². The van der Waals surface area contributed by atoms with Crippen LogP contribution in [0.15, 0.2) is 66.7 Å². The lowest BCUT2D eigenvalue weighted by molar-refractivity contribution is -0.133. The van der Waals surface area contributed by atoms with Crippen molar-refractivity contribution in [1.82, 2.24) is 25.4 Å². The molecule has 1 aliphatic heterocycles. The quantitative estimate of drug-likeness (QED) is 0.400. The van der Waals surface area contributed by atoms with Crippen LogP contribution in [0.1, 0.15) is 18.3 Å². The van der Waals surface area contributed by atoms with E-state index in [9.17, 15) is 14.4 Å². The molecule has 0 spiro atoms. The van der Waals surface area contributed by atoms with Gasteiger partial charge in [-0.05, 0) is 60.5 Å². The first-order valence-electron chi connectivity index (χ1n) is 10.8. The Bertz CT molecular complexity index is 1430. The zero-order chi connectivity index (χ0) is 23.9. The first-order valence-corrected chi connectivity index (χ1v) is 10.8. The lowest BCUT2D eigenvalue weighted by Gasteiger charge is -2.22. The molecule has 1 aliphatic rings. The second-order valence-electron chi connectivity index (χ2n) is 8.38. The number of nitrogens with one attached hydrogen (secondary N) is 3. The average Bonchev–Trinajstić information content (AvgIpc) is 3.36.